The van der Waals surface area contributed by atoms with Gasteiger partial charge in [0.15, 0.2) is 6.10 Å². The van der Waals surface area contributed by atoms with Gasteiger partial charge in [-0.3, -0.25) is 0 Å². The fraction of sp³-hybridized carbons (Fsp3) is 0.562. The lowest BCUT2D eigenvalue weighted by molar-refractivity contribution is -0.162. The Morgan fingerprint density at radius 2 is 1.85 bits per heavy atom. The number of fused-ring (bicyclic) bond motifs is 2. The van der Waals surface area contributed by atoms with Gasteiger partial charge in [-0.15, -0.1) is 0 Å². The zero-order valence-electron chi connectivity index (χ0n) is 11.7. The number of hydrogen-bond acceptors (Lipinski definition) is 4. The summed E-state index contributed by atoms with van der Waals surface area (Å²) in [5.41, 5.74) is 0.591. The molecule has 2 heterocycles. The molecule has 1 aromatic rings. The van der Waals surface area contributed by atoms with Gasteiger partial charge in [0.2, 0.25) is 0 Å². The molecule has 2 saturated heterocycles. The topological polar surface area (TPSA) is 49.8 Å². The van der Waals surface area contributed by atoms with E-state index in [9.17, 15) is 9.90 Å². The van der Waals surface area contributed by atoms with Crippen LogP contribution in [0.15, 0.2) is 30.3 Å². The van der Waals surface area contributed by atoms with E-state index in [2.05, 4.69) is 11.9 Å². The van der Waals surface area contributed by atoms with Crippen molar-refractivity contribution >= 4 is 5.97 Å². The summed E-state index contributed by atoms with van der Waals surface area (Å²) < 4.78 is 5.52. The van der Waals surface area contributed by atoms with Crippen LogP contribution in [0.5, 0.6) is 0 Å². The Kier molecular flexibility index (Phi) is 3.76. The van der Waals surface area contributed by atoms with E-state index in [1.807, 2.05) is 18.2 Å². The Hall–Kier alpha value is -1.39. The van der Waals surface area contributed by atoms with Gasteiger partial charge in [0, 0.05) is 12.1 Å². The molecule has 4 atom stereocenters. The number of carbonyl (C=O) groups is 1. The fourth-order valence-corrected chi connectivity index (χ4v) is 3.46. The first-order valence-corrected chi connectivity index (χ1v) is 7.30. The van der Waals surface area contributed by atoms with Crippen LogP contribution in [0.25, 0.3) is 0 Å². The normalized spacial score (nSPS) is 31.0. The zero-order chi connectivity index (χ0) is 14.1. The molecule has 0 amide bonds. The number of piperidine rings is 1. The number of aliphatic hydroxyl groups is 1. The van der Waals surface area contributed by atoms with Gasteiger partial charge in [-0.05, 0) is 38.3 Å². The second-order valence-electron chi connectivity index (χ2n) is 5.89. The summed E-state index contributed by atoms with van der Waals surface area (Å²) in [6.07, 6.45) is 2.94. The Morgan fingerprint density at radius 3 is 2.45 bits per heavy atom. The Morgan fingerprint density at radius 1 is 1.25 bits per heavy atom. The summed E-state index contributed by atoms with van der Waals surface area (Å²) in [5.74, 6) is -0.523. The lowest BCUT2D eigenvalue weighted by Gasteiger charge is -2.36. The minimum atomic E-state index is -1.17. The maximum atomic E-state index is 12.0. The number of esters is 1. The summed E-state index contributed by atoms with van der Waals surface area (Å²) in [6.45, 7) is 0. The molecule has 1 aromatic carbocycles. The molecule has 4 heteroatoms. The Balaban J connectivity index is 1.60. The van der Waals surface area contributed by atoms with E-state index < -0.39 is 12.1 Å². The van der Waals surface area contributed by atoms with Crippen molar-refractivity contribution in [2.45, 2.75) is 50.0 Å². The molecule has 2 fully saturated rings. The number of carbonyl (C=O) groups excluding carboxylic acids is 1. The standard InChI is InChI=1S/C16H21NO3/c1-17-12-7-8-13(17)10-14(9-12)20-16(19)15(18)11-5-3-2-4-6-11/h2-6,12-15,18H,7-10H2,1H3/t12-,13+,14?,15-/m0/s1. The molecule has 1 unspecified atom stereocenters. The minimum Gasteiger partial charge on any atom is -0.460 e. The first kappa shape index (κ1) is 13.6. The Labute approximate surface area is 119 Å². The van der Waals surface area contributed by atoms with Crippen molar-refractivity contribution in [2.24, 2.45) is 0 Å². The molecule has 20 heavy (non-hydrogen) atoms. The SMILES string of the molecule is CN1[C@@H]2CC[C@H]1CC(OC(=O)[C@@H](O)c1ccccc1)C2. The number of rotatable bonds is 3. The van der Waals surface area contributed by atoms with E-state index in [1.165, 1.54) is 12.8 Å². The lowest BCUT2D eigenvalue weighted by atomic mass is 10.0. The number of hydrogen-bond donors (Lipinski definition) is 1. The molecule has 0 aliphatic carbocycles. The van der Waals surface area contributed by atoms with Crippen LogP contribution in [0.1, 0.15) is 37.4 Å². The summed E-state index contributed by atoms with van der Waals surface area (Å²) in [6, 6.07) is 10.0. The van der Waals surface area contributed by atoms with Crippen LogP contribution >= 0.6 is 0 Å². The largest absolute Gasteiger partial charge is 0.460 e. The quantitative estimate of drug-likeness (QED) is 0.856. The number of benzene rings is 1. The van der Waals surface area contributed by atoms with Gasteiger partial charge in [0.25, 0.3) is 0 Å². The molecule has 0 spiro atoms. The molecule has 1 N–H and O–H groups in total. The summed E-state index contributed by atoms with van der Waals surface area (Å²) in [5, 5.41) is 10.0. The van der Waals surface area contributed by atoms with Crippen molar-refractivity contribution in [3.63, 3.8) is 0 Å². The highest BCUT2D eigenvalue weighted by Crippen LogP contribution is 2.35. The number of nitrogens with zero attached hydrogens (tertiary/aromatic N) is 1. The highest BCUT2D eigenvalue weighted by molar-refractivity contribution is 5.76. The molecule has 2 bridgehead atoms. The second-order valence-corrected chi connectivity index (χ2v) is 5.89. The van der Waals surface area contributed by atoms with Crippen LogP contribution in [0.3, 0.4) is 0 Å². The van der Waals surface area contributed by atoms with Crippen molar-refractivity contribution < 1.29 is 14.6 Å². The van der Waals surface area contributed by atoms with Gasteiger partial charge in [-0.2, -0.15) is 0 Å². The summed E-state index contributed by atoms with van der Waals surface area (Å²) in [7, 11) is 2.15. The van der Waals surface area contributed by atoms with E-state index in [0.717, 1.165) is 12.8 Å². The maximum absolute atomic E-state index is 12.0. The average Bonchev–Trinajstić information content (AvgIpc) is 2.69. The van der Waals surface area contributed by atoms with Gasteiger partial charge >= 0.3 is 5.97 Å². The van der Waals surface area contributed by atoms with Gasteiger partial charge < -0.3 is 14.7 Å². The molecule has 0 saturated carbocycles. The maximum Gasteiger partial charge on any atom is 0.339 e. The van der Waals surface area contributed by atoms with E-state index >= 15 is 0 Å². The molecular formula is C16H21NO3. The molecular weight excluding hydrogens is 254 g/mol. The van der Waals surface area contributed by atoms with Crippen molar-refractivity contribution in [3.8, 4) is 0 Å². The van der Waals surface area contributed by atoms with Crippen LogP contribution in [-0.4, -0.2) is 41.2 Å². The van der Waals surface area contributed by atoms with Gasteiger partial charge in [0.1, 0.15) is 6.10 Å². The smallest absolute Gasteiger partial charge is 0.339 e. The summed E-state index contributed by atoms with van der Waals surface area (Å²) >= 11 is 0. The third-order valence-electron chi connectivity index (χ3n) is 4.68. The van der Waals surface area contributed by atoms with Crippen molar-refractivity contribution in [1.82, 2.24) is 4.90 Å². The van der Waals surface area contributed by atoms with Crippen LogP contribution in [0.2, 0.25) is 0 Å². The Bertz CT molecular complexity index is 462. The lowest BCUT2D eigenvalue weighted by Crippen LogP contribution is -2.43. The predicted octanol–water partition coefficient (Wildman–Crippen LogP) is 1.89. The third kappa shape index (κ3) is 2.58. The van der Waals surface area contributed by atoms with Crippen molar-refractivity contribution in [2.75, 3.05) is 7.05 Å². The monoisotopic (exact) mass is 275 g/mol. The number of ether oxygens (including phenoxy) is 1. The molecule has 2 aliphatic rings. The first-order chi connectivity index (χ1) is 9.65. The van der Waals surface area contributed by atoms with E-state index in [4.69, 9.17) is 4.74 Å². The fourth-order valence-electron chi connectivity index (χ4n) is 3.46. The first-order valence-electron chi connectivity index (χ1n) is 7.30. The van der Waals surface area contributed by atoms with Crippen LogP contribution in [-0.2, 0) is 9.53 Å². The van der Waals surface area contributed by atoms with E-state index in [1.54, 1.807) is 12.1 Å². The molecule has 108 valence electrons. The third-order valence-corrected chi connectivity index (χ3v) is 4.68. The molecule has 0 radical (unpaired) electrons. The van der Waals surface area contributed by atoms with E-state index in [0.29, 0.717) is 17.6 Å². The van der Waals surface area contributed by atoms with Crippen molar-refractivity contribution in [1.29, 1.82) is 0 Å². The van der Waals surface area contributed by atoms with Crippen molar-refractivity contribution in [3.05, 3.63) is 35.9 Å². The highest BCUT2D eigenvalue weighted by Gasteiger charge is 2.40. The second kappa shape index (κ2) is 5.54. The molecule has 2 aliphatic heterocycles. The zero-order valence-corrected chi connectivity index (χ0v) is 11.7. The summed E-state index contributed by atoms with van der Waals surface area (Å²) in [4.78, 5) is 14.4. The van der Waals surface area contributed by atoms with E-state index in [-0.39, 0.29) is 6.10 Å². The highest BCUT2D eigenvalue weighted by atomic mass is 16.6. The molecule has 4 nitrogen and oxygen atoms in total. The minimum absolute atomic E-state index is 0.0467. The van der Waals surface area contributed by atoms with Gasteiger partial charge in [0.05, 0.1) is 0 Å². The molecule has 0 aromatic heterocycles. The molecule has 3 rings (SSSR count). The predicted molar refractivity (Wildman–Crippen MR) is 75.1 cm³/mol. The van der Waals surface area contributed by atoms with Crippen LogP contribution < -0.4 is 0 Å². The van der Waals surface area contributed by atoms with Crippen LogP contribution in [0.4, 0.5) is 0 Å². The van der Waals surface area contributed by atoms with Crippen LogP contribution in [0, 0.1) is 0 Å². The average molecular weight is 275 g/mol. The number of aliphatic hydroxyl groups excluding tert-OH is 1. The van der Waals surface area contributed by atoms with Gasteiger partial charge in [-0.25, -0.2) is 4.79 Å². The van der Waals surface area contributed by atoms with Gasteiger partial charge in [-0.1, -0.05) is 30.3 Å².